The number of Topliss-reactive ketones (excluding diaryl/α,β-unsaturated/α-hetero) is 1. The topological polar surface area (TPSA) is 60.4 Å². The van der Waals surface area contributed by atoms with Crippen LogP contribution in [0.15, 0.2) is 120 Å². The van der Waals surface area contributed by atoms with Gasteiger partial charge in [-0.2, -0.15) is 0 Å². The van der Waals surface area contributed by atoms with Crippen molar-refractivity contribution >= 4 is 38.6 Å². The molecule has 174 valence electrons. The predicted molar refractivity (Wildman–Crippen MR) is 140 cm³/mol. The van der Waals surface area contributed by atoms with Crippen LogP contribution in [0.4, 0.5) is 0 Å². The van der Waals surface area contributed by atoms with Crippen molar-refractivity contribution in [2.24, 2.45) is 0 Å². The molecule has 0 fully saturated rings. The Kier molecular flexibility index (Phi) is 6.55. The van der Waals surface area contributed by atoms with Crippen LogP contribution in [0.25, 0.3) is 0 Å². The summed E-state index contributed by atoms with van der Waals surface area (Å²) in [7, 11) is -4.28. The van der Waals surface area contributed by atoms with Crippen molar-refractivity contribution in [3.63, 3.8) is 0 Å². The van der Waals surface area contributed by atoms with Gasteiger partial charge in [0.25, 0.3) is 0 Å². The molecule has 0 aliphatic carbocycles. The molecule has 0 aliphatic heterocycles. The van der Waals surface area contributed by atoms with E-state index in [-0.39, 0.29) is 16.8 Å². The minimum absolute atomic E-state index is 0.0541. The van der Waals surface area contributed by atoms with Gasteiger partial charge in [0.15, 0.2) is 0 Å². The first-order valence-corrected chi connectivity index (χ1v) is 14.7. The summed E-state index contributed by atoms with van der Waals surface area (Å²) in [5.41, 5.74) is 0.939. The summed E-state index contributed by atoms with van der Waals surface area (Å²) in [5, 5.41) is 2.03. The molecule has 4 rings (SSSR count). The molecule has 0 spiro atoms. The fourth-order valence-corrected chi connectivity index (χ4v) is 13.0. The zero-order valence-electron chi connectivity index (χ0n) is 19.2. The second kappa shape index (κ2) is 9.27. The van der Waals surface area contributed by atoms with Gasteiger partial charge in [-0.25, -0.2) is 0 Å². The number of benzene rings is 4. The molecule has 0 aliphatic rings. The molecule has 0 saturated carbocycles. The van der Waals surface area contributed by atoms with Gasteiger partial charge in [-0.1, -0.05) is 0 Å². The second-order valence-electron chi connectivity index (χ2n) is 8.42. The molecule has 0 N–H and O–H groups in total. The molecule has 0 bridgehead atoms. The number of carbonyl (C=O) groups is 1. The SMILES string of the molecule is CC(=O)CP(OS(=O)(=O)c1ccc(C)cc1)(c1ccccc1)(c1ccccc1)c1ccccc1. The van der Waals surface area contributed by atoms with Crippen LogP contribution in [0.5, 0.6) is 0 Å². The summed E-state index contributed by atoms with van der Waals surface area (Å²) in [6, 6.07) is 34.5. The van der Waals surface area contributed by atoms with Gasteiger partial charge in [0.1, 0.15) is 0 Å². The van der Waals surface area contributed by atoms with E-state index >= 15 is 0 Å². The third-order valence-electron chi connectivity index (χ3n) is 6.00. The average molecular weight is 491 g/mol. The van der Waals surface area contributed by atoms with E-state index in [1.165, 1.54) is 6.92 Å². The molecular formula is C28H27O4PS. The molecule has 0 heterocycles. The summed E-state index contributed by atoms with van der Waals surface area (Å²) in [5.74, 6) is -0.159. The molecule has 4 aromatic rings. The fourth-order valence-electron chi connectivity index (χ4n) is 4.50. The van der Waals surface area contributed by atoms with Gasteiger partial charge >= 0.3 is 202 Å². The van der Waals surface area contributed by atoms with Crippen LogP contribution in [-0.2, 0) is 18.9 Å². The summed E-state index contributed by atoms with van der Waals surface area (Å²) in [4.78, 5) is 13.1. The predicted octanol–water partition coefficient (Wildman–Crippen LogP) is 4.73. The summed E-state index contributed by atoms with van der Waals surface area (Å²) in [6.07, 6.45) is -0.0886. The average Bonchev–Trinajstić information content (AvgIpc) is 2.85. The molecule has 0 unspecified atom stereocenters. The minimum atomic E-state index is -4.33. The van der Waals surface area contributed by atoms with Crippen LogP contribution in [0, 0.1) is 6.92 Å². The first kappa shape index (κ1) is 24.0. The Morgan fingerprint density at radius 1 is 0.676 bits per heavy atom. The Morgan fingerprint density at radius 3 is 1.41 bits per heavy atom. The van der Waals surface area contributed by atoms with Crippen molar-refractivity contribution in [1.29, 1.82) is 0 Å². The monoisotopic (exact) mass is 490 g/mol. The van der Waals surface area contributed by atoms with Gasteiger partial charge < -0.3 is 0 Å². The van der Waals surface area contributed by atoms with E-state index in [0.29, 0.717) is 15.9 Å². The van der Waals surface area contributed by atoms with Gasteiger partial charge in [0.05, 0.1) is 0 Å². The summed E-state index contributed by atoms with van der Waals surface area (Å²) >= 11 is 0. The molecule has 4 aromatic carbocycles. The Bertz CT molecular complexity index is 1290. The van der Waals surface area contributed by atoms with E-state index in [1.807, 2.05) is 97.9 Å². The molecule has 6 heteroatoms. The number of hydrogen-bond donors (Lipinski definition) is 0. The number of hydrogen-bond acceptors (Lipinski definition) is 4. The van der Waals surface area contributed by atoms with Crippen LogP contribution in [0.1, 0.15) is 12.5 Å². The second-order valence-corrected chi connectivity index (χ2v) is 14.7. The van der Waals surface area contributed by atoms with E-state index in [2.05, 4.69) is 0 Å². The van der Waals surface area contributed by atoms with Crippen LogP contribution in [0.2, 0.25) is 0 Å². The molecule has 4 nitrogen and oxygen atoms in total. The van der Waals surface area contributed by atoms with Crippen molar-refractivity contribution in [3.8, 4) is 0 Å². The quantitative estimate of drug-likeness (QED) is 0.335. The number of rotatable bonds is 8. The number of aryl methyl sites for hydroxylation is 1. The van der Waals surface area contributed by atoms with E-state index in [9.17, 15) is 13.2 Å². The third kappa shape index (κ3) is 4.12. The van der Waals surface area contributed by atoms with Gasteiger partial charge in [0, 0.05) is 0 Å². The first-order chi connectivity index (χ1) is 16.3. The maximum atomic E-state index is 14.0. The molecule has 0 saturated heterocycles. The maximum absolute atomic E-state index is 14.0. The van der Waals surface area contributed by atoms with Gasteiger partial charge in [-0.3, -0.25) is 0 Å². The molecular weight excluding hydrogens is 463 g/mol. The molecule has 0 radical (unpaired) electrons. The molecule has 0 amide bonds. The zero-order chi connectivity index (χ0) is 24.3. The van der Waals surface area contributed by atoms with Crippen LogP contribution in [0.3, 0.4) is 0 Å². The molecule has 0 aromatic heterocycles. The normalized spacial score (nSPS) is 13.1. The van der Waals surface area contributed by atoms with Crippen molar-refractivity contribution in [2.75, 3.05) is 6.16 Å². The Morgan fingerprint density at radius 2 is 1.06 bits per heavy atom. The number of ketones is 1. The van der Waals surface area contributed by atoms with E-state index in [1.54, 1.807) is 24.3 Å². The zero-order valence-corrected chi connectivity index (χ0v) is 20.9. The van der Waals surface area contributed by atoms with E-state index in [4.69, 9.17) is 3.97 Å². The van der Waals surface area contributed by atoms with Gasteiger partial charge in [-0.15, -0.1) is 0 Å². The van der Waals surface area contributed by atoms with Crippen LogP contribution in [-0.4, -0.2) is 20.4 Å². The van der Waals surface area contributed by atoms with Crippen LogP contribution >= 0.6 is 6.83 Å². The Balaban J connectivity index is 2.17. The van der Waals surface area contributed by atoms with Crippen molar-refractivity contribution < 1.29 is 17.2 Å². The summed E-state index contributed by atoms with van der Waals surface area (Å²) in [6.45, 7) is -0.957. The van der Waals surface area contributed by atoms with Crippen LogP contribution < -0.4 is 15.9 Å². The van der Waals surface area contributed by atoms with Crippen molar-refractivity contribution in [3.05, 3.63) is 121 Å². The standard InChI is InChI=1S/C28H27O4PS/c1-23-18-20-28(21-19-23)34(30,31)32-33(22-24(2)29,25-12-6-3-7-13-25,26-14-8-4-9-15-26)27-16-10-5-11-17-27/h3-21H,22H2,1-2H3. The Hall–Kier alpha value is -3.11. The van der Waals surface area contributed by atoms with E-state index < -0.39 is 16.9 Å². The Labute approximate surface area is 201 Å². The molecule has 0 atom stereocenters. The summed E-state index contributed by atoms with van der Waals surface area (Å²) < 4.78 is 34.5. The van der Waals surface area contributed by atoms with Gasteiger partial charge in [0.2, 0.25) is 0 Å². The first-order valence-electron chi connectivity index (χ1n) is 11.0. The van der Waals surface area contributed by atoms with Gasteiger partial charge in [-0.05, 0) is 0 Å². The third-order valence-corrected chi connectivity index (χ3v) is 14.2. The van der Waals surface area contributed by atoms with Crippen molar-refractivity contribution in [2.45, 2.75) is 18.7 Å². The molecule has 34 heavy (non-hydrogen) atoms. The number of carbonyl (C=O) groups excluding carboxylic acids is 1. The van der Waals surface area contributed by atoms with Crippen molar-refractivity contribution in [1.82, 2.24) is 0 Å². The van der Waals surface area contributed by atoms with E-state index in [0.717, 1.165) is 5.56 Å². The fraction of sp³-hybridized carbons (Fsp3) is 0.107.